The molecule has 0 bridgehead atoms. The Kier molecular flexibility index (Phi) is 1.60. The van der Waals surface area contributed by atoms with Gasteiger partial charge in [0.2, 0.25) is 0 Å². The molecule has 3 amide bonds. The molecule has 0 spiro atoms. The van der Waals surface area contributed by atoms with Crippen LogP contribution in [0.15, 0.2) is 0 Å². The zero-order valence-electron chi connectivity index (χ0n) is 4.72. The van der Waals surface area contributed by atoms with Gasteiger partial charge in [0.05, 0.1) is 22.9 Å². The maximum Gasteiger partial charge on any atom is 0.333 e. The summed E-state index contributed by atoms with van der Waals surface area (Å²) in [4.78, 5) is 21.3. The van der Waals surface area contributed by atoms with Crippen LogP contribution in [0.3, 0.4) is 0 Å². The second kappa shape index (κ2) is 2.13. The molecule has 0 aromatic heterocycles. The van der Waals surface area contributed by atoms with Gasteiger partial charge in [0, 0.05) is 0 Å². The summed E-state index contributed by atoms with van der Waals surface area (Å²) in [5.41, 5.74) is 0. The summed E-state index contributed by atoms with van der Waals surface area (Å²) in [5.74, 6) is -0.180. The molecule has 1 N–H and O–H groups in total. The highest BCUT2D eigenvalue weighted by atomic mass is 127. The molecule has 0 aromatic carbocycles. The number of imide groups is 1. The van der Waals surface area contributed by atoms with Crippen molar-refractivity contribution < 1.29 is 9.59 Å². The third-order valence-electron chi connectivity index (χ3n) is 1.08. The normalized spacial score (nSPS) is 26.9. The summed E-state index contributed by atoms with van der Waals surface area (Å²) in [5, 5.41) is 2.45. The number of nitrogens with one attached hydrogen (secondary N) is 1. The lowest BCUT2D eigenvalue weighted by Crippen LogP contribution is -2.24. The van der Waals surface area contributed by atoms with Crippen LogP contribution in [0, 0.1) is 0 Å². The van der Waals surface area contributed by atoms with Crippen LogP contribution < -0.4 is 5.32 Å². The van der Waals surface area contributed by atoms with Crippen LogP contribution in [-0.2, 0) is 4.79 Å². The second-order valence-electron chi connectivity index (χ2n) is 1.79. The van der Waals surface area contributed by atoms with Crippen LogP contribution in [0.25, 0.3) is 0 Å². The highest BCUT2D eigenvalue weighted by Crippen LogP contribution is 2.09. The molecule has 0 radical (unpaired) electrons. The number of carbonyl (C=O) groups is 2. The standard InChI is InChI=1S/C4H5IN2O2/c1-2-3(8)7(5)4(9)6-2/h2H,1H3,(H,6,9). The minimum Gasteiger partial charge on any atom is -0.325 e. The van der Waals surface area contributed by atoms with Crippen LogP contribution in [0.4, 0.5) is 4.79 Å². The summed E-state index contributed by atoms with van der Waals surface area (Å²) in [6.07, 6.45) is 0. The number of amides is 3. The average Bonchev–Trinajstić information content (AvgIpc) is 1.98. The Balaban J connectivity index is 2.77. The molecule has 0 saturated carbocycles. The molecule has 1 atom stereocenters. The Morgan fingerprint density at radius 1 is 1.67 bits per heavy atom. The maximum absolute atomic E-state index is 10.8. The maximum atomic E-state index is 10.8. The zero-order chi connectivity index (χ0) is 7.02. The number of rotatable bonds is 0. The Morgan fingerprint density at radius 3 is 2.33 bits per heavy atom. The van der Waals surface area contributed by atoms with Crippen molar-refractivity contribution in [2.24, 2.45) is 0 Å². The van der Waals surface area contributed by atoms with E-state index in [1.165, 1.54) is 0 Å². The van der Waals surface area contributed by atoms with Gasteiger partial charge >= 0.3 is 6.03 Å². The average molecular weight is 240 g/mol. The number of halogens is 1. The molecule has 1 fully saturated rings. The van der Waals surface area contributed by atoms with E-state index in [-0.39, 0.29) is 18.0 Å². The van der Waals surface area contributed by atoms with Gasteiger partial charge in [0.25, 0.3) is 5.91 Å². The molecule has 50 valence electrons. The SMILES string of the molecule is CC1NC(=O)N(I)C1=O. The van der Waals surface area contributed by atoms with E-state index < -0.39 is 0 Å². The predicted molar refractivity (Wildman–Crippen MR) is 38.9 cm³/mol. The van der Waals surface area contributed by atoms with Crippen molar-refractivity contribution in [3.05, 3.63) is 0 Å². The molecule has 1 unspecified atom stereocenters. The van der Waals surface area contributed by atoms with Crippen molar-refractivity contribution in [2.45, 2.75) is 13.0 Å². The Labute approximate surface area is 66.1 Å². The Hall–Kier alpha value is -0.330. The van der Waals surface area contributed by atoms with E-state index in [1.807, 2.05) is 0 Å². The Bertz CT molecular complexity index is 170. The number of urea groups is 1. The topological polar surface area (TPSA) is 49.4 Å². The first kappa shape index (κ1) is 6.79. The summed E-state index contributed by atoms with van der Waals surface area (Å²) < 4.78 is 1.04. The summed E-state index contributed by atoms with van der Waals surface area (Å²) >= 11 is 1.67. The van der Waals surface area contributed by atoms with Gasteiger partial charge in [-0.2, -0.15) is 0 Å². The zero-order valence-corrected chi connectivity index (χ0v) is 6.88. The molecular formula is C4H5IN2O2. The monoisotopic (exact) mass is 240 g/mol. The Morgan fingerprint density at radius 2 is 2.22 bits per heavy atom. The third kappa shape index (κ3) is 1.00. The van der Waals surface area contributed by atoms with Crippen molar-refractivity contribution in [2.75, 3.05) is 0 Å². The quantitative estimate of drug-likeness (QED) is 0.375. The van der Waals surface area contributed by atoms with Crippen molar-refractivity contribution in [1.29, 1.82) is 0 Å². The van der Waals surface area contributed by atoms with Crippen LogP contribution in [0.1, 0.15) is 6.92 Å². The van der Waals surface area contributed by atoms with E-state index in [0.717, 1.165) is 3.11 Å². The highest BCUT2D eigenvalue weighted by Gasteiger charge is 2.32. The molecule has 1 saturated heterocycles. The van der Waals surface area contributed by atoms with E-state index >= 15 is 0 Å². The molecule has 1 heterocycles. The van der Waals surface area contributed by atoms with Crippen molar-refractivity contribution in [3.8, 4) is 0 Å². The lowest BCUT2D eigenvalue weighted by Gasteiger charge is -1.96. The van der Waals surface area contributed by atoms with Crippen LogP contribution >= 0.6 is 22.9 Å². The largest absolute Gasteiger partial charge is 0.333 e. The first-order chi connectivity index (χ1) is 4.13. The van der Waals surface area contributed by atoms with Crippen LogP contribution in [0.5, 0.6) is 0 Å². The molecule has 0 aliphatic carbocycles. The summed E-state index contributed by atoms with van der Waals surface area (Å²) in [7, 11) is 0. The predicted octanol–water partition coefficient (Wildman–Crippen LogP) is 0.277. The van der Waals surface area contributed by atoms with E-state index in [2.05, 4.69) is 5.32 Å². The van der Waals surface area contributed by atoms with Gasteiger partial charge in [-0.1, -0.05) is 0 Å². The van der Waals surface area contributed by atoms with Gasteiger partial charge in [0.1, 0.15) is 6.04 Å². The van der Waals surface area contributed by atoms with Crippen LogP contribution in [-0.4, -0.2) is 21.1 Å². The van der Waals surface area contributed by atoms with Crippen LogP contribution in [0.2, 0.25) is 0 Å². The van der Waals surface area contributed by atoms with Gasteiger partial charge in [-0.15, -0.1) is 0 Å². The summed E-state index contributed by atoms with van der Waals surface area (Å²) in [6, 6.07) is -0.678. The van der Waals surface area contributed by atoms with Crippen molar-refractivity contribution >= 4 is 34.8 Å². The van der Waals surface area contributed by atoms with Crippen molar-refractivity contribution in [1.82, 2.24) is 8.43 Å². The van der Waals surface area contributed by atoms with E-state index in [1.54, 1.807) is 29.8 Å². The number of nitrogens with zero attached hydrogens (tertiary/aromatic N) is 1. The minimum absolute atomic E-state index is 0.180. The van der Waals surface area contributed by atoms with Gasteiger partial charge in [-0.3, -0.25) is 4.79 Å². The third-order valence-corrected chi connectivity index (χ3v) is 2.00. The first-order valence-corrected chi connectivity index (χ1v) is 3.39. The summed E-state index contributed by atoms with van der Waals surface area (Å²) in [6.45, 7) is 1.65. The van der Waals surface area contributed by atoms with Gasteiger partial charge in [0.15, 0.2) is 0 Å². The molecule has 0 aromatic rings. The molecule has 1 rings (SSSR count). The van der Waals surface area contributed by atoms with Gasteiger partial charge in [-0.25, -0.2) is 7.91 Å². The molecule has 9 heavy (non-hydrogen) atoms. The smallest absolute Gasteiger partial charge is 0.325 e. The fraction of sp³-hybridized carbons (Fsp3) is 0.500. The molecule has 1 aliphatic heterocycles. The molecule has 5 heteroatoms. The lowest BCUT2D eigenvalue weighted by molar-refractivity contribution is -0.122. The van der Waals surface area contributed by atoms with Gasteiger partial charge < -0.3 is 5.32 Å². The fourth-order valence-electron chi connectivity index (χ4n) is 0.574. The number of carbonyl (C=O) groups excluding carboxylic acids is 2. The lowest BCUT2D eigenvalue weighted by atomic mass is 10.4. The first-order valence-electron chi connectivity index (χ1n) is 2.43. The molecule has 4 nitrogen and oxygen atoms in total. The minimum atomic E-state index is -0.352. The second-order valence-corrected chi connectivity index (χ2v) is 2.76. The molecule has 1 aliphatic rings. The number of hydrogen-bond donors (Lipinski definition) is 1. The van der Waals surface area contributed by atoms with Gasteiger partial charge in [-0.05, 0) is 6.92 Å². The molecular weight excluding hydrogens is 235 g/mol. The van der Waals surface area contributed by atoms with Crippen molar-refractivity contribution in [3.63, 3.8) is 0 Å². The van der Waals surface area contributed by atoms with E-state index in [9.17, 15) is 9.59 Å². The van der Waals surface area contributed by atoms with E-state index in [0.29, 0.717) is 0 Å². The highest BCUT2D eigenvalue weighted by molar-refractivity contribution is 14.1. The van der Waals surface area contributed by atoms with E-state index in [4.69, 9.17) is 0 Å². The number of hydrogen-bond acceptors (Lipinski definition) is 2. The fourth-order valence-corrected chi connectivity index (χ4v) is 1.13.